The molecule has 0 spiro atoms. The lowest BCUT2D eigenvalue weighted by molar-refractivity contribution is 0.661. The maximum atomic E-state index is 6.27. The van der Waals surface area contributed by atoms with E-state index in [4.69, 9.17) is 4.42 Å². The monoisotopic (exact) mass is 577 g/mol. The van der Waals surface area contributed by atoms with Crippen molar-refractivity contribution in [2.24, 2.45) is 0 Å². The first-order valence-corrected chi connectivity index (χ1v) is 15.6. The number of para-hydroxylation sites is 2. The highest BCUT2D eigenvalue weighted by Gasteiger charge is 2.36. The summed E-state index contributed by atoms with van der Waals surface area (Å²) in [4.78, 5) is 2.30. The molecule has 1 aliphatic rings. The maximum Gasteiger partial charge on any atom is 0.137 e. The average Bonchev–Trinajstić information content (AvgIpc) is 3.57. The fourth-order valence-corrected chi connectivity index (χ4v) is 7.37. The second-order valence-electron chi connectivity index (χ2n) is 12.6. The number of nitrogens with zero attached hydrogens (tertiary/aromatic N) is 1. The summed E-state index contributed by atoms with van der Waals surface area (Å²) in [7, 11) is 0. The van der Waals surface area contributed by atoms with Crippen molar-refractivity contribution in [3.63, 3.8) is 0 Å². The number of fused-ring (bicyclic) bond motifs is 8. The van der Waals surface area contributed by atoms with E-state index in [0.717, 1.165) is 39.0 Å². The average molecular weight is 578 g/mol. The molecule has 214 valence electrons. The number of anilines is 3. The zero-order valence-electron chi connectivity index (χ0n) is 25.3. The van der Waals surface area contributed by atoms with Crippen molar-refractivity contribution in [1.82, 2.24) is 0 Å². The topological polar surface area (TPSA) is 16.4 Å². The zero-order chi connectivity index (χ0) is 30.1. The van der Waals surface area contributed by atoms with E-state index in [9.17, 15) is 0 Å². The standard InChI is InChI=1S/C43H31NO/c1-43(2)38-25-19-29-10-6-7-13-34(29)42(38)37-23-18-30(26-39(37)43)28-16-20-32(21-17-28)44(31-11-4-3-5-12-31)33-22-24-36-35-14-8-9-15-40(35)45-41(36)27-33/h3-27H,1-2H3. The molecule has 7 aromatic carbocycles. The number of benzene rings is 7. The molecule has 0 N–H and O–H groups in total. The van der Waals surface area contributed by atoms with Crippen LogP contribution in [0, 0.1) is 0 Å². The lowest BCUT2D eigenvalue weighted by Crippen LogP contribution is -2.15. The van der Waals surface area contributed by atoms with Crippen LogP contribution in [0.4, 0.5) is 17.1 Å². The Morgan fingerprint density at radius 1 is 0.467 bits per heavy atom. The van der Waals surface area contributed by atoms with Gasteiger partial charge in [-0.05, 0) is 92.7 Å². The van der Waals surface area contributed by atoms with Crippen molar-refractivity contribution < 1.29 is 4.42 Å². The van der Waals surface area contributed by atoms with Crippen LogP contribution in [0.2, 0.25) is 0 Å². The molecule has 1 aliphatic carbocycles. The molecule has 9 rings (SSSR count). The summed E-state index contributed by atoms with van der Waals surface area (Å²) in [6.45, 7) is 4.71. The highest BCUT2D eigenvalue weighted by molar-refractivity contribution is 6.06. The van der Waals surface area contributed by atoms with Crippen molar-refractivity contribution >= 4 is 49.8 Å². The molecule has 1 aromatic heterocycles. The molecule has 0 bridgehead atoms. The van der Waals surface area contributed by atoms with E-state index >= 15 is 0 Å². The molecular weight excluding hydrogens is 546 g/mol. The van der Waals surface area contributed by atoms with Crippen molar-refractivity contribution in [2.75, 3.05) is 4.90 Å². The largest absolute Gasteiger partial charge is 0.456 e. The van der Waals surface area contributed by atoms with Crippen LogP contribution in [0.5, 0.6) is 0 Å². The van der Waals surface area contributed by atoms with Gasteiger partial charge in [-0.15, -0.1) is 0 Å². The summed E-state index contributed by atoms with van der Waals surface area (Å²) >= 11 is 0. The van der Waals surface area contributed by atoms with Gasteiger partial charge in [0.2, 0.25) is 0 Å². The molecule has 0 unspecified atom stereocenters. The van der Waals surface area contributed by atoms with Crippen molar-refractivity contribution in [2.45, 2.75) is 19.3 Å². The van der Waals surface area contributed by atoms with Gasteiger partial charge in [0.1, 0.15) is 11.2 Å². The molecule has 45 heavy (non-hydrogen) atoms. The minimum absolute atomic E-state index is 0.0654. The minimum Gasteiger partial charge on any atom is -0.456 e. The second kappa shape index (κ2) is 9.70. The van der Waals surface area contributed by atoms with Crippen LogP contribution in [0.3, 0.4) is 0 Å². The summed E-state index contributed by atoms with van der Waals surface area (Å²) in [6.07, 6.45) is 0. The van der Waals surface area contributed by atoms with Gasteiger partial charge in [0.25, 0.3) is 0 Å². The third kappa shape index (κ3) is 3.96. The normalized spacial score (nSPS) is 13.3. The predicted molar refractivity (Wildman–Crippen MR) is 189 cm³/mol. The number of furan rings is 1. The van der Waals surface area contributed by atoms with Crippen molar-refractivity contribution in [3.05, 3.63) is 163 Å². The van der Waals surface area contributed by atoms with Crippen LogP contribution in [0.15, 0.2) is 156 Å². The highest BCUT2D eigenvalue weighted by Crippen LogP contribution is 2.52. The van der Waals surface area contributed by atoms with Gasteiger partial charge >= 0.3 is 0 Å². The van der Waals surface area contributed by atoms with Gasteiger partial charge in [-0.3, -0.25) is 0 Å². The van der Waals surface area contributed by atoms with Gasteiger partial charge in [0, 0.05) is 39.3 Å². The Kier molecular flexibility index (Phi) is 5.58. The lowest BCUT2D eigenvalue weighted by atomic mass is 9.81. The van der Waals surface area contributed by atoms with Crippen LogP contribution in [0.25, 0.3) is 55.0 Å². The van der Waals surface area contributed by atoms with Gasteiger partial charge in [-0.2, -0.15) is 0 Å². The summed E-state index contributed by atoms with van der Waals surface area (Å²) in [5.41, 5.74) is 13.0. The van der Waals surface area contributed by atoms with E-state index in [2.05, 4.69) is 158 Å². The third-order valence-corrected chi connectivity index (χ3v) is 9.66. The third-order valence-electron chi connectivity index (χ3n) is 9.66. The number of hydrogen-bond donors (Lipinski definition) is 0. The summed E-state index contributed by atoms with van der Waals surface area (Å²) < 4.78 is 6.27. The molecule has 0 atom stereocenters. The van der Waals surface area contributed by atoms with Crippen molar-refractivity contribution in [3.8, 4) is 22.3 Å². The first-order chi connectivity index (χ1) is 22.1. The second-order valence-corrected chi connectivity index (χ2v) is 12.6. The fourth-order valence-electron chi connectivity index (χ4n) is 7.37. The molecule has 2 heteroatoms. The molecule has 0 amide bonds. The summed E-state index contributed by atoms with van der Waals surface area (Å²) in [5, 5.41) is 4.90. The van der Waals surface area contributed by atoms with Gasteiger partial charge in [-0.25, -0.2) is 0 Å². The molecule has 0 aliphatic heterocycles. The number of rotatable bonds is 4. The number of hydrogen-bond acceptors (Lipinski definition) is 2. The molecule has 8 aromatic rings. The molecular formula is C43H31NO. The Labute approximate surface area is 262 Å². The Bertz CT molecular complexity index is 2400. The maximum absolute atomic E-state index is 6.27. The van der Waals surface area contributed by atoms with E-state index in [1.807, 2.05) is 12.1 Å². The summed E-state index contributed by atoms with van der Waals surface area (Å²) in [5.74, 6) is 0. The van der Waals surface area contributed by atoms with Gasteiger partial charge in [0.15, 0.2) is 0 Å². The zero-order valence-corrected chi connectivity index (χ0v) is 25.3. The smallest absolute Gasteiger partial charge is 0.137 e. The molecule has 2 nitrogen and oxygen atoms in total. The molecule has 0 saturated carbocycles. The molecule has 1 heterocycles. The van der Waals surface area contributed by atoms with Crippen LogP contribution < -0.4 is 4.90 Å². The van der Waals surface area contributed by atoms with Crippen LogP contribution >= 0.6 is 0 Å². The van der Waals surface area contributed by atoms with E-state index in [1.54, 1.807) is 0 Å². The van der Waals surface area contributed by atoms with E-state index in [1.165, 1.54) is 44.2 Å². The SMILES string of the molecule is CC1(C)c2cc(-c3ccc(N(c4ccccc4)c4ccc5c(c4)oc4ccccc45)cc3)ccc2-c2c1ccc1ccccc21. The van der Waals surface area contributed by atoms with Gasteiger partial charge in [-0.1, -0.05) is 111 Å². The quantitative estimate of drug-likeness (QED) is 0.207. The first-order valence-electron chi connectivity index (χ1n) is 15.6. The van der Waals surface area contributed by atoms with Crippen LogP contribution in [-0.2, 0) is 5.41 Å². The fraction of sp³-hybridized carbons (Fsp3) is 0.0698. The van der Waals surface area contributed by atoms with Crippen LogP contribution in [-0.4, -0.2) is 0 Å². The van der Waals surface area contributed by atoms with Crippen molar-refractivity contribution in [1.29, 1.82) is 0 Å². The van der Waals surface area contributed by atoms with E-state index in [0.29, 0.717) is 0 Å². The Hall–Kier alpha value is -5.60. The Morgan fingerprint density at radius 3 is 1.98 bits per heavy atom. The highest BCUT2D eigenvalue weighted by atomic mass is 16.3. The van der Waals surface area contributed by atoms with Crippen LogP contribution in [0.1, 0.15) is 25.0 Å². The molecule has 0 fully saturated rings. The van der Waals surface area contributed by atoms with Gasteiger partial charge in [0.05, 0.1) is 0 Å². The van der Waals surface area contributed by atoms with E-state index < -0.39 is 0 Å². The van der Waals surface area contributed by atoms with E-state index in [-0.39, 0.29) is 5.41 Å². The minimum atomic E-state index is -0.0654. The molecule has 0 radical (unpaired) electrons. The van der Waals surface area contributed by atoms with Gasteiger partial charge < -0.3 is 9.32 Å². The summed E-state index contributed by atoms with van der Waals surface area (Å²) in [6, 6.07) is 54.6. The lowest BCUT2D eigenvalue weighted by Gasteiger charge is -2.25. The predicted octanol–water partition coefficient (Wildman–Crippen LogP) is 12.2. The first kappa shape index (κ1) is 25.9. The molecule has 0 saturated heterocycles. The Morgan fingerprint density at radius 2 is 1.13 bits per heavy atom. The Balaban J connectivity index is 1.12.